The van der Waals surface area contributed by atoms with E-state index in [0.29, 0.717) is 13.0 Å². The van der Waals surface area contributed by atoms with Gasteiger partial charge >= 0.3 is 5.97 Å². The lowest BCUT2D eigenvalue weighted by Gasteiger charge is -2.31. The number of hydrogen-bond donors (Lipinski definition) is 1. The first kappa shape index (κ1) is 17.5. The van der Waals surface area contributed by atoms with E-state index in [1.54, 1.807) is 7.11 Å². The van der Waals surface area contributed by atoms with Crippen LogP contribution >= 0.6 is 0 Å². The van der Waals surface area contributed by atoms with Gasteiger partial charge in [0, 0.05) is 5.54 Å². The quantitative estimate of drug-likeness (QED) is 0.711. The Hall–Kier alpha value is -1.55. The smallest absolute Gasteiger partial charge is 0.307 e. The lowest BCUT2D eigenvalue weighted by atomic mass is 9.89. The van der Waals surface area contributed by atoms with Gasteiger partial charge in [0.15, 0.2) is 0 Å². The van der Waals surface area contributed by atoms with Crippen molar-refractivity contribution in [3.8, 4) is 5.75 Å². The monoisotopic (exact) mass is 293 g/mol. The molecule has 0 bridgehead atoms. The van der Waals surface area contributed by atoms with Crippen LogP contribution in [0.2, 0.25) is 0 Å². The van der Waals surface area contributed by atoms with Gasteiger partial charge < -0.3 is 14.8 Å². The number of para-hydroxylation sites is 1. The Morgan fingerprint density at radius 3 is 2.62 bits per heavy atom. The highest BCUT2D eigenvalue weighted by molar-refractivity contribution is 5.71. The van der Waals surface area contributed by atoms with Gasteiger partial charge in [0.05, 0.1) is 20.1 Å². The van der Waals surface area contributed by atoms with Crippen LogP contribution in [0.25, 0.3) is 0 Å². The van der Waals surface area contributed by atoms with E-state index in [0.717, 1.165) is 30.7 Å². The van der Waals surface area contributed by atoms with E-state index < -0.39 is 0 Å². The molecule has 1 N–H and O–H groups in total. The highest BCUT2D eigenvalue weighted by Crippen LogP contribution is 2.25. The summed E-state index contributed by atoms with van der Waals surface area (Å²) in [5.41, 5.74) is 0.757. The molecular weight excluding hydrogens is 266 g/mol. The molecule has 0 saturated heterocycles. The van der Waals surface area contributed by atoms with Crippen molar-refractivity contribution in [2.45, 2.75) is 45.6 Å². The van der Waals surface area contributed by atoms with Crippen molar-refractivity contribution in [2.24, 2.45) is 0 Å². The van der Waals surface area contributed by atoms with Gasteiger partial charge in [0.2, 0.25) is 0 Å². The second-order valence-corrected chi connectivity index (χ2v) is 5.46. The van der Waals surface area contributed by atoms with Crippen molar-refractivity contribution in [1.29, 1.82) is 0 Å². The fraction of sp³-hybridized carbons (Fsp3) is 0.588. The molecule has 1 aromatic carbocycles. The molecule has 0 saturated carbocycles. The zero-order valence-corrected chi connectivity index (χ0v) is 13.6. The molecular formula is C17H27NO3. The van der Waals surface area contributed by atoms with E-state index in [1.807, 2.05) is 31.2 Å². The summed E-state index contributed by atoms with van der Waals surface area (Å²) >= 11 is 0. The molecule has 0 heterocycles. The van der Waals surface area contributed by atoms with E-state index in [-0.39, 0.29) is 11.5 Å². The third kappa shape index (κ3) is 5.76. The Morgan fingerprint density at radius 2 is 2.00 bits per heavy atom. The first-order valence-corrected chi connectivity index (χ1v) is 7.57. The van der Waals surface area contributed by atoms with Gasteiger partial charge in [0.25, 0.3) is 0 Å². The van der Waals surface area contributed by atoms with E-state index in [4.69, 9.17) is 9.47 Å². The molecule has 1 atom stereocenters. The van der Waals surface area contributed by atoms with Crippen molar-refractivity contribution in [1.82, 2.24) is 5.32 Å². The first-order chi connectivity index (χ1) is 10.0. The number of benzene rings is 1. The van der Waals surface area contributed by atoms with Crippen molar-refractivity contribution < 1.29 is 14.3 Å². The average molecular weight is 293 g/mol. The molecule has 4 heteroatoms. The molecule has 0 amide bonds. The van der Waals surface area contributed by atoms with E-state index in [9.17, 15) is 4.79 Å². The molecule has 1 rings (SSSR count). The molecule has 0 spiro atoms. The minimum atomic E-state index is -0.336. The lowest BCUT2D eigenvalue weighted by molar-refractivity contribution is -0.144. The van der Waals surface area contributed by atoms with Crippen LogP contribution in [0.1, 0.15) is 39.2 Å². The second-order valence-electron chi connectivity index (χ2n) is 5.46. The first-order valence-electron chi connectivity index (χ1n) is 7.57. The van der Waals surface area contributed by atoms with Gasteiger partial charge in [-0.1, -0.05) is 25.1 Å². The Labute approximate surface area is 127 Å². The predicted molar refractivity (Wildman–Crippen MR) is 84.6 cm³/mol. The van der Waals surface area contributed by atoms with Gasteiger partial charge in [-0.15, -0.1) is 0 Å². The molecule has 1 unspecified atom stereocenters. The Balaban J connectivity index is 2.87. The Kier molecular flexibility index (Phi) is 7.23. The van der Waals surface area contributed by atoms with Crippen molar-refractivity contribution in [2.75, 3.05) is 20.3 Å². The molecule has 0 aliphatic rings. The SMILES string of the molecule is CCCNC(C)(CC(=O)OCC)Cc1ccccc1OC. The highest BCUT2D eigenvalue weighted by Gasteiger charge is 2.29. The molecule has 21 heavy (non-hydrogen) atoms. The van der Waals surface area contributed by atoms with Crippen LogP contribution in [0.15, 0.2) is 24.3 Å². The standard InChI is InChI=1S/C17H27NO3/c1-5-11-18-17(3,13-16(19)21-6-2)12-14-9-7-8-10-15(14)20-4/h7-10,18H,5-6,11-13H2,1-4H3. The third-order valence-corrected chi connectivity index (χ3v) is 3.41. The Morgan fingerprint density at radius 1 is 1.29 bits per heavy atom. The van der Waals surface area contributed by atoms with E-state index in [1.165, 1.54) is 0 Å². The number of carbonyl (C=O) groups is 1. The van der Waals surface area contributed by atoms with Crippen LogP contribution in [-0.2, 0) is 16.0 Å². The molecule has 0 aromatic heterocycles. The molecule has 1 aromatic rings. The van der Waals surface area contributed by atoms with Crippen LogP contribution in [0.5, 0.6) is 5.75 Å². The summed E-state index contributed by atoms with van der Waals surface area (Å²) in [6.07, 6.45) is 2.08. The normalized spacial score (nSPS) is 13.5. The highest BCUT2D eigenvalue weighted by atomic mass is 16.5. The summed E-state index contributed by atoms with van der Waals surface area (Å²) in [7, 11) is 1.67. The summed E-state index contributed by atoms with van der Waals surface area (Å²) in [6, 6.07) is 7.92. The summed E-state index contributed by atoms with van der Waals surface area (Å²) < 4.78 is 10.5. The number of rotatable bonds is 9. The van der Waals surface area contributed by atoms with Gasteiger partial charge in [-0.3, -0.25) is 4.79 Å². The predicted octanol–water partition coefficient (Wildman–Crippen LogP) is 2.95. The van der Waals surface area contributed by atoms with Crippen LogP contribution in [0.3, 0.4) is 0 Å². The molecule has 4 nitrogen and oxygen atoms in total. The minimum Gasteiger partial charge on any atom is -0.496 e. The molecule has 0 aliphatic carbocycles. The fourth-order valence-corrected chi connectivity index (χ4v) is 2.41. The zero-order chi connectivity index (χ0) is 15.7. The van der Waals surface area contributed by atoms with Gasteiger partial charge in [-0.05, 0) is 44.9 Å². The van der Waals surface area contributed by atoms with Crippen molar-refractivity contribution >= 4 is 5.97 Å². The maximum absolute atomic E-state index is 11.9. The molecule has 118 valence electrons. The van der Waals surface area contributed by atoms with Crippen molar-refractivity contribution in [3.05, 3.63) is 29.8 Å². The average Bonchev–Trinajstić information content (AvgIpc) is 2.46. The lowest BCUT2D eigenvalue weighted by Crippen LogP contribution is -2.46. The zero-order valence-electron chi connectivity index (χ0n) is 13.6. The van der Waals surface area contributed by atoms with Crippen LogP contribution in [0.4, 0.5) is 0 Å². The number of methoxy groups -OCH3 is 1. The molecule has 0 aliphatic heterocycles. The van der Waals surface area contributed by atoms with Crippen molar-refractivity contribution in [3.63, 3.8) is 0 Å². The number of hydrogen-bond acceptors (Lipinski definition) is 4. The number of nitrogens with one attached hydrogen (secondary N) is 1. The molecule has 0 radical (unpaired) electrons. The van der Waals surface area contributed by atoms with Gasteiger partial charge in [0.1, 0.15) is 5.75 Å². The topological polar surface area (TPSA) is 47.6 Å². The number of esters is 1. The maximum atomic E-state index is 11.9. The number of carbonyl (C=O) groups excluding carboxylic acids is 1. The van der Waals surface area contributed by atoms with Crippen LogP contribution < -0.4 is 10.1 Å². The van der Waals surface area contributed by atoms with Crippen LogP contribution in [-0.4, -0.2) is 31.8 Å². The summed E-state index contributed by atoms with van der Waals surface area (Å²) in [5, 5.41) is 3.48. The summed E-state index contributed by atoms with van der Waals surface area (Å²) in [5.74, 6) is 0.685. The second kappa shape index (κ2) is 8.67. The van der Waals surface area contributed by atoms with E-state index >= 15 is 0 Å². The summed E-state index contributed by atoms with van der Waals surface area (Å²) in [6.45, 7) is 7.28. The maximum Gasteiger partial charge on any atom is 0.307 e. The van der Waals surface area contributed by atoms with Gasteiger partial charge in [-0.2, -0.15) is 0 Å². The third-order valence-electron chi connectivity index (χ3n) is 3.41. The Bertz CT molecular complexity index is 447. The van der Waals surface area contributed by atoms with Gasteiger partial charge in [-0.25, -0.2) is 0 Å². The van der Waals surface area contributed by atoms with E-state index in [2.05, 4.69) is 19.2 Å². The fourth-order valence-electron chi connectivity index (χ4n) is 2.41. The van der Waals surface area contributed by atoms with Crippen LogP contribution in [0, 0.1) is 0 Å². The number of ether oxygens (including phenoxy) is 2. The largest absolute Gasteiger partial charge is 0.496 e. The minimum absolute atomic E-state index is 0.168. The summed E-state index contributed by atoms with van der Waals surface area (Å²) in [4.78, 5) is 11.9. The molecule has 0 fully saturated rings.